The van der Waals surface area contributed by atoms with E-state index in [0.29, 0.717) is 22.8 Å². The summed E-state index contributed by atoms with van der Waals surface area (Å²) in [6.07, 6.45) is 4.95. The van der Waals surface area contributed by atoms with E-state index in [-0.39, 0.29) is 6.79 Å². The minimum Gasteiger partial charge on any atom is -0.496 e. The third kappa shape index (κ3) is 6.44. The summed E-state index contributed by atoms with van der Waals surface area (Å²) in [7, 11) is 4.65. The van der Waals surface area contributed by atoms with Crippen LogP contribution in [-0.2, 0) is 4.74 Å². The zero-order valence-electron chi connectivity index (χ0n) is 16.1. The van der Waals surface area contributed by atoms with Crippen molar-refractivity contribution in [3.8, 4) is 17.2 Å². The summed E-state index contributed by atoms with van der Waals surface area (Å²) in [5, 5.41) is 10.8. The highest BCUT2D eigenvalue weighted by Crippen LogP contribution is 2.42. The molecule has 0 fully saturated rings. The normalized spacial score (nSPS) is 12.5. The molecule has 0 spiro atoms. The predicted octanol–water partition coefficient (Wildman–Crippen LogP) is 4.41. The smallest absolute Gasteiger partial charge is 0.188 e. The van der Waals surface area contributed by atoms with E-state index in [4.69, 9.17) is 18.9 Å². The maximum atomic E-state index is 10.8. The van der Waals surface area contributed by atoms with Crippen molar-refractivity contribution in [2.45, 2.75) is 39.7 Å². The van der Waals surface area contributed by atoms with E-state index >= 15 is 0 Å². The molecule has 1 unspecified atom stereocenters. The summed E-state index contributed by atoms with van der Waals surface area (Å²) >= 11 is 0. The van der Waals surface area contributed by atoms with E-state index in [2.05, 4.69) is 19.9 Å². The van der Waals surface area contributed by atoms with Crippen molar-refractivity contribution in [3.63, 3.8) is 0 Å². The summed E-state index contributed by atoms with van der Waals surface area (Å²) in [5.41, 5.74) is 2.91. The van der Waals surface area contributed by atoms with Gasteiger partial charge in [-0.05, 0) is 45.7 Å². The van der Waals surface area contributed by atoms with Gasteiger partial charge in [0, 0.05) is 7.11 Å². The van der Waals surface area contributed by atoms with Crippen LogP contribution in [0.15, 0.2) is 35.4 Å². The van der Waals surface area contributed by atoms with Crippen LogP contribution in [-0.4, -0.2) is 33.2 Å². The Balaban J connectivity index is 3.16. The zero-order chi connectivity index (χ0) is 18.8. The van der Waals surface area contributed by atoms with Gasteiger partial charge in [0.2, 0.25) is 0 Å². The monoisotopic (exact) mass is 350 g/mol. The second-order valence-electron chi connectivity index (χ2n) is 6.04. The van der Waals surface area contributed by atoms with Crippen molar-refractivity contribution in [1.82, 2.24) is 0 Å². The molecular weight excluding hydrogens is 320 g/mol. The second-order valence-corrected chi connectivity index (χ2v) is 6.04. The first-order valence-corrected chi connectivity index (χ1v) is 8.29. The average molecular weight is 350 g/mol. The van der Waals surface area contributed by atoms with Crippen LogP contribution in [0, 0.1) is 0 Å². The molecule has 0 aliphatic rings. The van der Waals surface area contributed by atoms with Crippen molar-refractivity contribution in [2.24, 2.45) is 0 Å². The maximum absolute atomic E-state index is 10.8. The summed E-state index contributed by atoms with van der Waals surface area (Å²) < 4.78 is 21.4. The van der Waals surface area contributed by atoms with Gasteiger partial charge in [-0.2, -0.15) is 0 Å². The zero-order valence-corrected chi connectivity index (χ0v) is 16.1. The molecule has 0 bridgehead atoms. The Labute approximate surface area is 150 Å². The van der Waals surface area contributed by atoms with Gasteiger partial charge in [-0.25, -0.2) is 0 Å². The van der Waals surface area contributed by atoms with E-state index in [9.17, 15) is 5.11 Å². The van der Waals surface area contributed by atoms with Crippen LogP contribution in [0.2, 0.25) is 0 Å². The van der Waals surface area contributed by atoms with Crippen molar-refractivity contribution >= 4 is 0 Å². The van der Waals surface area contributed by atoms with E-state index in [0.717, 1.165) is 18.4 Å². The van der Waals surface area contributed by atoms with Gasteiger partial charge >= 0.3 is 0 Å². The number of hydrogen-bond acceptors (Lipinski definition) is 5. The molecule has 0 aromatic heterocycles. The lowest BCUT2D eigenvalue weighted by molar-refractivity contribution is 0.0465. The topological polar surface area (TPSA) is 57.2 Å². The second kappa shape index (κ2) is 10.8. The van der Waals surface area contributed by atoms with Gasteiger partial charge < -0.3 is 24.1 Å². The Bertz CT molecular complexity index is 600. The first-order chi connectivity index (χ1) is 11.9. The summed E-state index contributed by atoms with van der Waals surface area (Å²) in [6, 6.07) is 3.49. The first kappa shape index (κ1) is 21.1. The Morgan fingerprint density at radius 1 is 1.08 bits per heavy atom. The Morgan fingerprint density at radius 3 is 2.28 bits per heavy atom. The number of benzene rings is 1. The van der Waals surface area contributed by atoms with Crippen LogP contribution >= 0.6 is 0 Å². The quantitative estimate of drug-likeness (QED) is 0.500. The fourth-order valence-electron chi connectivity index (χ4n) is 2.47. The first-order valence-electron chi connectivity index (χ1n) is 8.29. The molecule has 0 radical (unpaired) electrons. The van der Waals surface area contributed by atoms with E-state index in [1.165, 1.54) is 12.7 Å². The number of aliphatic hydroxyl groups excluding tert-OH is 1. The van der Waals surface area contributed by atoms with Gasteiger partial charge in [0.25, 0.3) is 0 Å². The molecule has 0 aliphatic carbocycles. The van der Waals surface area contributed by atoms with Gasteiger partial charge in [0.15, 0.2) is 18.3 Å². The Morgan fingerprint density at radius 2 is 1.72 bits per heavy atom. The molecule has 25 heavy (non-hydrogen) atoms. The molecule has 5 nitrogen and oxygen atoms in total. The van der Waals surface area contributed by atoms with Crippen molar-refractivity contribution in [1.29, 1.82) is 0 Å². The van der Waals surface area contributed by atoms with E-state index in [1.807, 2.05) is 13.0 Å². The van der Waals surface area contributed by atoms with Gasteiger partial charge in [0.05, 0.1) is 19.8 Å². The average Bonchev–Trinajstić information content (AvgIpc) is 2.58. The van der Waals surface area contributed by atoms with Crippen LogP contribution in [0.3, 0.4) is 0 Å². The molecule has 5 heteroatoms. The molecule has 1 rings (SSSR count). The lowest BCUT2D eigenvalue weighted by Gasteiger charge is -2.20. The lowest BCUT2D eigenvalue weighted by atomic mass is 10.0. The van der Waals surface area contributed by atoms with Crippen LogP contribution in [0.25, 0.3) is 0 Å². The maximum Gasteiger partial charge on any atom is 0.188 e. The molecule has 0 heterocycles. The molecule has 0 amide bonds. The van der Waals surface area contributed by atoms with Crippen LogP contribution in [0.1, 0.15) is 45.3 Å². The van der Waals surface area contributed by atoms with Crippen LogP contribution in [0.4, 0.5) is 0 Å². The highest BCUT2D eigenvalue weighted by Gasteiger charge is 2.22. The van der Waals surface area contributed by atoms with Gasteiger partial charge in [-0.3, -0.25) is 0 Å². The number of methoxy groups -OCH3 is 3. The number of ether oxygens (including phenoxy) is 4. The van der Waals surface area contributed by atoms with Gasteiger partial charge in [0.1, 0.15) is 11.9 Å². The van der Waals surface area contributed by atoms with Crippen LogP contribution < -0.4 is 14.2 Å². The van der Waals surface area contributed by atoms with Gasteiger partial charge in [-0.15, -0.1) is 0 Å². The molecule has 1 atom stereocenters. The number of aliphatic hydroxyl groups is 1. The molecule has 140 valence electrons. The Hall–Kier alpha value is -1.98. The fraction of sp³-hybridized carbons (Fsp3) is 0.500. The van der Waals surface area contributed by atoms with Crippen molar-refractivity contribution in [3.05, 3.63) is 41.0 Å². The third-order valence-corrected chi connectivity index (χ3v) is 3.71. The van der Waals surface area contributed by atoms with Crippen molar-refractivity contribution < 1.29 is 24.1 Å². The highest BCUT2D eigenvalue weighted by molar-refractivity contribution is 5.56. The molecule has 1 aromatic rings. The van der Waals surface area contributed by atoms with Crippen molar-refractivity contribution in [2.75, 3.05) is 28.1 Å². The molecule has 0 saturated heterocycles. The molecule has 1 N–H and O–H groups in total. The summed E-state index contributed by atoms with van der Waals surface area (Å²) in [4.78, 5) is 0. The number of rotatable bonds is 10. The van der Waals surface area contributed by atoms with E-state index < -0.39 is 6.10 Å². The highest BCUT2D eigenvalue weighted by atomic mass is 16.7. The number of allylic oxidation sites excluding steroid dienone is 3. The minimum absolute atomic E-state index is 0.0481. The largest absolute Gasteiger partial charge is 0.496 e. The standard InChI is InChI=1S/C20H30O5/c1-14(2)8-7-9-15(3)12-16(21)19-17(23-5)10-11-18(24-6)20(19)25-13-22-4/h8,10-12,16,21H,7,9,13H2,1-6H3/b15-12+. The molecule has 1 aromatic carbocycles. The van der Waals surface area contributed by atoms with Gasteiger partial charge in [-0.1, -0.05) is 23.3 Å². The lowest BCUT2D eigenvalue weighted by Crippen LogP contribution is -2.08. The number of hydrogen-bond donors (Lipinski definition) is 1. The minimum atomic E-state index is -0.872. The molecular formula is C20H30O5. The van der Waals surface area contributed by atoms with Crippen LogP contribution in [0.5, 0.6) is 17.2 Å². The molecule has 0 saturated carbocycles. The Kier molecular flexibility index (Phi) is 9.10. The molecule has 0 aliphatic heterocycles. The summed E-state index contributed by atoms with van der Waals surface area (Å²) in [5.74, 6) is 1.47. The SMILES string of the molecule is COCOc1c(OC)ccc(OC)c1C(O)/C=C(\C)CCC=C(C)C. The van der Waals surface area contributed by atoms with E-state index in [1.54, 1.807) is 26.4 Å². The predicted molar refractivity (Wildman–Crippen MR) is 99.4 cm³/mol. The summed E-state index contributed by atoms with van der Waals surface area (Å²) in [6.45, 7) is 6.21. The third-order valence-electron chi connectivity index (χ3n) is 3.71. The fourth-order valence-corrected chi connectivity index (χ4v) is 2.47.